The summed E-state index contributed by atoms with van der Waals surface area (Å²) in [5.74, 6) is 2.81. The number of aryl methyl sites for hydroxylation is 3. The van der Waals surface area contributed by atoms with Gasteiger partial charge in [-0.2, -0.15) is 0 Å². The van der Waals surface area contributed by atoms with Gasteiger partial charge in [-0.05, 0) is 52.2 Å². The standard InChI is InChI=1S/C24H36N4O3/c1-6-25-24(26-13-17(3)23-18(4)28-31-19(23)5)27-14-20-10-9-16(2)12-22(20)30-15-21-8-7-11-29-21/h9-10,12,17,21H,6-8,11,13-15H2,1-5H3,(H2,25,26,27). The van der Waals surface area contributed by atoms with Crippen molar-refractivity contribution in [2.45, 2.75) is 66.0 Å². The van der Waals surface area contributed by atoms with Crippen LogP contribution < -0.4 is 15.4 Å². The summed E-state index contributed by atoms with van der Waals surface area (Å²) in [6, 6.07) is 6.28. The molecule has 31 heavy (non-hydrogen) atoms. The minimum atomic E-state index is 0.196. The first-order valence-electron chi connectivity index (χ1n) is 11.3. The van der Waals surface area contributed by atoms with Gasteiger partial charge in [0.1, 0.15) is 18.1 Å². The number of aromatic nitrogens is 1. The fourth-order valence-electron chi connectivity index (χ4n) is 3.94. The van der Waals surface area contributed by atoms with Gasteiger partial charge in [-0.25, -0.2) is 4.99 Å². The van der Waals surface area contributed by atoms with E-state index in [9.17, 15) is 0 Å². The molecule has 1 aromatic heterocycles. The molecule has 1 aliphatic heterocycles. The van der Waals surface area contributed by atoms with Gasteiger partial charge in [0, 0.05) is 36.7 Å². The zero-order valence-electron chi connectivity index (χ0n) is 19.5. The van der Waals surface area contributed by atoms with Crippen LogP contribution in [0.25, 0.3) is 0 Å². The van der Waals surface area contributed by atoms with Crippen LogP contribution in [0.1, 0.15) is 60.8 Å². The van der Waals surface area contributed by atoms with Crippen molar-refractivity contribution in [3.63, 3.8) is 0 Å². The molecule has 170 valence electrons. The summed E-state index contributed by atoms with van der Waals surface area (Å²) >= 11 is 0. The summed E-state index contributed by atoms with van der Waals surface area (Å²) in [4.78, 5) is 4.80. The highest BCUT2D eigenvalue weighted by Gasteiger charge is 2.18. The Balaban J connectivity index is 1.64. The summed E-state index contributed by atoms with van der Waals surface area (Å²) in [7, 11) is 0. The van der Waals surface area contributed by atoms with Gasteiger partial charge >= 0.3 is 0 Å². The molecule has 0 aliphatic carbocycles. The highest BCUT2D eigenvalue weighted by Crippen LogP contribution is 2.24. The molecule has 1 fully saturated rings. The summed E-state index contributed by atoms with van der Waals surface area (Å²) in [5.41, 5.74) is 4.35. The van der Waals surface area contributed by atoms with Crippen molar-refractivity contribution >= 4 is 5.96 Å². The number of benzene rings is 1. The fraction of sp³-hybridized carbons (Fsp3) is 0.583. The third-order valence-corrected chi connectivity index (χ3v) is 5.58. The lowest BCUT2D eigenvalue weighted by atomic mass is 10.00. The van der Waals surface area contributed by atoms with Crippen molar-refractivity contribution in [1.29, 1.82) is 0 Å². The number of hydrogen-bond donors (Lipinski definition) is 2. The highest BCUT2D eigenvalue weighted by molar-refractivity contribution is 5.79. The number of aliphatic imine (C=N–C) groups is 1. The predicted molar refractivity (Wildman–Crippen MR) is 123 cm³/mol. The maximum Gasteiger partial charge on any atom is 0.191 e. The molecule has 0 amide bonds. The van der Waals surface area contributed by atoms with E-state index in [0.717, 1.165) is 66.8 Å². The van der Waals surface area contributed by atoms with E-state index in [1.54, 1.807) is 0 Å². The first kappa shape index (κ1) is 23.1. The maximum absolute atomic E-state index is 6.12. The quantitative estimate of drug-likeness (QED) is 0.464. The molecule has 0 spiro atoms. The van der Waals surface area contributed by atoms with Gasteiger partial charge < -0.3 is 24.6 Å². The second-order valence-electron chi connectivity index (χ2n) is 8.27. The average molecular weight is 429 g/mol. The van der Waals surface area contributed by atoms with Crippen LogP contribution in [0.15, 0.2) is 27.7 Å². The second kappa shape index (κ2) is 11.2. The van der Waals surface area contributed by atoms with E-state index < -0.39 is 0 Å². The van der Waals surface area contributed by atoms with Gasteiger partial charge in [0.05, 0.1) is 18.3 Å². The minimum Gasteiger partial charge on any atom is -0.491 e. The predicted octanol–water partition coefficient (Wildman–Crippen LogP) is 4.02. The topological polar surface area (TPSA) is 80.9 Å². The molecule has 0 saturated carbocycles. The molecule has 7 nitrogen and oxygen atoms in total. The average Bonchev–Trinajstić information content (AvgIpc) is 3.38. The highest BCUT2D eigenvalue weighted by atomic mass is 16.5. The van der Waals surface area contributed by atoms with Crippen LogP contribution >= 0.6 is 0 Å². The van der Waals surface area contributed by atoms with Crippen LogP contribution in [0.4, 0.5) is 0 Å². The molecular formula is C24H36N4O3. The molecule has 2 atom stereocenters. The van der Waals surface area contributed by atoms with E-state index in [2.05, 4.69) is 54.8 Å². The Morgan fingerprint density at radius 2 is 2.13 bits per heavy atom. The summed E-state index contributed by atoms with van der Waals surface area (Å²) in [6.07, 6.45) is 2.38. The second-order valence-corrected chi connectivity index (χ2v) is 8.27. The number of rotatable bonds is 9. The molecule has 2 aromatic rings. The number of hydrogen-bond acceptors (Lipinski definition) is 5. The molecule has 0 bridgehead atoms. The Kier molecular flexibility index (Phi) is 8.35. The zero-order chi connectivity index (χ0) is 22.2. The molecule has 0 radical (unpaired) electrons. The molecule has 2 N–H and O–H groups in total. The molecule has 2 heterocycles. The lowest BCUT2D eigenvalue weighted by molar-refractivity contribution is 0.0676. The van der Waals surface area contributed by atoms with E-state index in [1.165, 1.54) is 5.56 Å². The van der Waals surface area contributed by atoms with E-state index in [0.29, 0.717) is 13.2 Å². The van der Waals surface area contributed by atoms with Crippen molar-refractivity contribution in [2.75, 3.05) is 26.3 Å². The largest absolute Gasteiger partial charge is 0.491 e. The monoisotopic (exact) mass is 428 g/mol. The van der Waals surface area contributed by atoms with Gasteiger partial charge in [0.25, 0.3) is 0 Å². The lowest BCUT2D eigenvalue weighted by Gasteiger charge is -2.17. The Hall–Kier alpha value is -2.54. The minimum absolute atomic E-state index is 0.196. The van der Waals surface area contributed by atoms with Crippen LogP contribution in [-0.4, -0.2) is 43.5 Å². The third kappa shape index (κ3) is 6.47. The van der Waals surface area contributed by atoms with Gasteiger partial charge in [-0.15, -0.1) is 0 Å². The number of guanidine groups is 1. The molecule has 3 rings (SSSR count). The Morgan fingerprint density at radius 3 is 2.81 bits per heavy atom. The van der Waals surface area contributed by atoms with Crippen LogP contribution in [0, 0.1) is 20.8 Å². The Labute approximate surface area is 185 Å². The van der Waals surface area contributed by atoms with Crippen molar-refractivity contribution in [3.05, 3.63) is 46.3 Å². The van der Waals surface area contributed by atoms with Gasteiger partial charge in [-0.3, -0.25) is 0 Å². The van der Waals surface area contributed by atoms with Gasteiger partial charge in [0.15, 0.2) is 5.96 Å². The number of nitrogens with zero attached hydrogens (tertiary/aromatic N) is 2. The smallest absolute Gasteiger partial charge is 0.191 e. The van der Waals surface area contributed by atoms with Gasteiger partial charge in [-0.1, -0.05) is 24.2 Å². The third-order valence-electron chi connectivity index (χ3n) is 5.58. The van der Waals surface area contributed by atoms with Crippen LogP contribution in [-0.2, 0) is 11.3 Å². The maximum atomic E-state index is 6.12. The summed E-state index contributed by atoms with van der Waals surface area (Å²) in [5, 5.41) is 10.8. The van der Waals surface area contributed by atoms with Crippen molar-refractivity contribution < 1.29 is 14.0 Å². The number of nitrogens with one attached hydrogen (secondary N) is 2. The van der Waals surface area contributed by atoms with E-state index in [1.807, 2.05) is 13.8 Å². The molecular weight excluding hydrogens is 392 g/mol. The van der Waals surface area contributed by atoms with E-state index >= 15 is 0 Å². The summed E-state index contributed by atoms with van der Waals surface area (Å²) in [6.45, 7) is 13.8. The first-order chi connectivity index (χ1) is 15.0. The zero-order valence-corrected chi connectivity index (χ0v) is 19.5. The molecule has 7 heteroatoms. The molecule has 1 aliphatic rings. The fourth-order valence-corrected chi connectivity index (χ4v) is 3.94. The summed E-state index contributed by atoms with van der Waals surface area (Å²) < 4.78 is 17.1. The van der Waals surface area contributed by atoms with Crippen LogP contribution in [0.5, 0.6) is 5.75 Å². The van der Waals surface area contributed by atoms with E-state index in [4.69, 9.17) is 19.0 Å². The van der Waals surface area contributed by atoms with Crippen LogP contribution in [0.2, 0.25) is 0 Å². The lowest BCUT2D eigenvalue weighted by Crippen LogP contribution is -2.39. The van der Waals surface area contributed by atoms with E-state index in [-0.39, 0.29) is 12.0 Å². The first-order valence-corrected chi connectivity index (χ1v) is 11.3. The van der Waals surface area contributed by atoms with Crippen molar-refractivity contribution in [1.82, 2.24) is 15.8 Å². The van der Waals surface area contributed by atoms with Crippen molar-refractivity contribution in [3.8, 4) is 5.75 Å². The molecule has 1 saturated heterocycles. The normalized spacial score (nSPS) is 17.6. The SMILES string of the molecule is CCNC(=NCc1ccc(C)cc1OCC1CCCO1)NCC(C)c1c(C)noc1C. The molecule has 2 unspecified atom stereocenters. The van der Waals surface area contributed by atoms with Crippen molar-refractivity contribution in [2.24, 2.45) is 4.99 Å². The van der Waals surface area contributed by atoms with Gasteiger partial charge in [0.2, 0.25) is 0 Å². The molecule has 1 aromatic carbocycles. The van der Waals surface area contributed by atoms with Crippen LogP contribution in [0.3, 0.4) is 0 Å². The number of ether oxygens (including phenoxy) is 2. The Bertz CT molecular complexity index is 852. The Morgan fingerprint density at radius 1 is 1.29 bits per heavy atom.